The van der Waals surface area contributed by atoms with Crippen LogP contribution in [0.4, 0.5) is 11.5 Å². The normalized spacial score (nSPS) is 15.1. The Morgan fingerprint density at radius 1 is 1.09 bits per heavy atom. The van der Waals surface area contributed by atoms with Crippen LogP contribution in [-0.4, -0.2) is 45.5 Å². The van der Waals surface area contributed by atoms with E-state index in [9.17, 15) is 9.59 Å². The van der Waals surface area contributed by atoms with E-state index in [1.54, 1.807) is 20.3 Å². The first kappa shape index (κ1) is 15.5. The monoisotopic (exact) mass is 336 g/mol. The second-order valence-corrected chi connectivity index (χ2v) is 5.82. The molecule has 0 unspecified atom stereocenters. The number of nitrogens with zero attached hydrogens (tertiary/aromatic N) is 6. The third kappa shape index (κ3) is 2.94. The lowest BCUT2D eigenvalue weighted by Gasteiger charge is -2.36. The lowest BCUT2D eigenvalue weighted by atomic mass is 10.3. The maximum atomic E-state index is 11.9. The summed E-state index contributed by atoms with van der Waals surface area (Å²) in [6, 6.07) is 1.53. The van der Waals surface area contributed by atoms with Gasteiger partial charge in [-0.2, -0.15) is 5.10 Å². The lowest BCUT2D eigenvalue weighted by Crippen LogP contribution is -2.47. The van der Waals surface area contributed by atoms with Gasteiger partial charge >= 0.3 is 0 Å². The molecule has 1 fully saturated rings. The second kappa shape index (κ2) is 6.04. The van der Waals surface area contributed by atoms with Crippen molar-refractivity contribution >= 4 is 23.1 Å². The van der Waals surface area contributed by atoms with E-state index in [0.29, 0.717) is 37.7 Å². The summed E-state index contributed by atoms with van der Waals surface area (Å²) in [5.74, 6) is 0.668. The number of anilines is 2. The van der Waals surface area contributed by atoms with Crippen LogP contribution in [0.2, 0.25) is 5.02 Å². The predicted octanol–water partition coefficient (Wildman–Crippen LogP) is -0.146. The molecular weight excluding hydrogens is 320 g/mol. The molecule has 0 N–H and O–H groups in total. The van der Waals surface area contributed by atoms with E-state index in [1.165, 1.54) is 21.6 Å². The molecule has 3 heterocycles. The quantitative estimate of drug-likeness (QED) is 0.759. The summed E-state index contributed by atoms with van der Waals surface area (Å²) >= 11 is 6.14. The fourth-order valence-corrected chi connectivity index (χ4v) is 2.81. The van der Waals surface area contributed by atoms with Crippen molar-refractivity contribution in [1.82, 2.24) is 19.3 Å². The van der Waals surface area contributed by atoms with Crippen molar-refractivity contribution in [1.29, 1.82) is 0 Å². The summed E-state index contributed by atoms with van der Waals surface area (Å²) in [6.07, 6.45) is 3.13. The highest BCUT2D eigenvalue weighted by molar-refractivity contribution is 6.33. The van der Waals surface area contributed by atoms with Gasteiger partial charge in [0.15, 0.2) is 0 Å². The topological polar surface area (TPSA) is 76.3 Å². The second-order valence-electron chi connectivity index (χ2n) is 5.44. The van der Waals surface area contributed by atoms with Gasteiger partial charge in [-0.25, -0.2) is 9.67 Å². The fraction of sp³-hybridized carbons (Fsp3) is 0.429. The summed E-state index contributed by atoms with van der Waals surface area (Å²) < 4.78 is 2.65. The van der Waals surface area contributed by atoms with Gasteiger partial charge in [0.05, 0.1) is 18.2 Å². The summed E-state index contributed by atoms with van der Waals surface area (Å²) in [7, 11) is 3.24. The smallest absolute Gasteiger partial charge is 0.287 e. The largest absolute Gasteiger partial charge is 0.365 e. The zero-order valence-corrected chi connectivity index (χ0v) is 13.7. The molecule has 1 aliphatic heterocycles. The van der Waals surface area contributed by atoms with Crippen molar-refractivity contribution in [3.05, 3.63) is 44.3 Å². The Hall–Kier alpha value is -2.35. The molecule has 3 rings (SSSR count). The molecule has 2 aromatic heterocycles. The Balaban J connectivity index is 1.76. The Morgan fingerprint density at radius 3 is 2.39 bits per heavy atom. The van der Waals surface area contributed by atoms with Gasteiger partial charge in [-0.15, -0.1) is 0 Å². The molecule has 0 spiro atoms. The fourth-order valence-electron chi connectivity index (χ4n) is 2.52. The van der Waals surface area contributed by atoms with E-state index < -0.39 is 0 Å². The van der Waals surface area contributed by atoms with Crippen LogP contribution in [0.3, 0.4) is 0 Å². The molecule has 0 saturated carbocycles. The van der Waals surface area contributed by atoms with Gasteiger partial charge in [0.1, 0.15) is 10.8 Å². The summed E-state index contributed by atoms with van der Waals surface area (Å²) in [5.41, 5.74) is 0.252. The van der Waals surface area contributed by atoms with E-state index in [0.717, 1.165) is 0 Å². The molecule has 1 saturated heterocycles. The van der Waals surface area contributed by atoms with Crippen LogP contribution in [0.25, 0.3) is 0 Å². The number of aryl methyl sites for hydroxylation is 2. The van der Waals surface area contributed by atoms with Gasteiger partial charge in [0.25, 0.3) is 11.1 Å². The SMILES string of the molecule is Cn1cnc(N2CCN(c3cnn(C)c(=O)c3Cl)CC2)cc1=O. The Morgan fingerprint density at radius 2 is 1.74 bits per heavy atom. The van der Waals surface area contributed by atoms with Gasteiger partial charge < -0.3 is 14.4 Å². The molecule has 0 bridgehead atoms. The van der Waals surface area contributed by atoms with Crippen molar-refractivity contribution in [2.45, 2.75) is 0 Å². The Labute approximate surface area is 137 Å². The van der Waals surface area contributed by atoms with Gasteiger partial charge in [-0.1, -0.05) is 11.6 Å². The van der Waals surface area contributed by atoms with Crippen molar-refractivity contribution in [3.63, 3.8) is 0 Å². The first-order chi connectivity index (χ1) is 11.0. The molecule has 0 aromatic carbocycles. The average Bonchev–Trinajstić information content (AvgIpc) is 2.56. The van der Waals surface area contributed by atoms with Crippen LogP contribution in [0, 0.1) is 0 Å². The van der Waals surface area contributed by atoms with Gasteiger partial charge in [0, 0.05) is 46.3 Å². The minimum absolute atomic E-state index is 0.0868. The zero-order valence-electron chi connectivity index (χ0n) is 12.9. The lowest BCUT2D eigenvalue weighted by molar-refractivity contribution is 0.635. The molecule has 1 aliphatic rings. The van der Waals surface area contributed by atoms with Crippen LogP contribution >= 0.6 is 11.6 Å². The average molecular weight is 337 g/mol. The molecule has 122 valence electrons. The van der Waals surface area contributed by atoms with E-state index >= 15 is 0 Å². The van der Waals surface area contributed by atoms with Crippen LogP contribution in [0.15, 0.2) is 28.2 Å². The number of halogens is 1. The maximum absolute atomic E-state index is 11.9. The Kier molecular flexibility index (Phi) is 4.08. The summed E-state index contributed by atoms with van der Waals surface area (Å²) in [4.78, 5) is 31.9. The summed E-state index contributed by atoms with van der Waals surface area (Å²) in [6.45, 7) is 2.72. The van der Waals surface area contributed by atoms with Gasteiger partial charge in [-0.3, -0.25) is 9.59 Å². The van der Waals surface area contributed by atoms with Crippen molar-refractivity contribution in [3.8, 4) is 0 Å². The zero-order chi connectivity index (χ0) is 16.6. The molecule has 0 atom stereocenters. The van der Waals surface area contributed by atoms with Gasteiger partial charge in [-0.05, 0) is 0 Å². The standard InChI is InChI=1S/C14H17ClN6O2/c1-18-9-16-11(7-12(18)22)21-5-3-20(4-6-21)10-8-17-19(2)14(23)13(10)15/h7-9H,3-6H2,1-2H3. The summed E-state index contributed by atoms with van der Waals surface area (Å²) in [5, 5.41) is 4.20. The molecule has 2 aromatic rings. The molecule has 8 nitrogen and oxygen atoms in total. The number of piperazine rings is 1. The van der Waals surface area contributed by atoms with E-state index in [4.69, 9.17) is 11.6 Å². The highest BCUT2D eigenvalue weighted by Gasteiger charge is 2.21. The van der Waals surface area contributed by atoms with Crippen LogP contribution in [0.5, 0.6) is 0 Å². The van der Waals surface area contributed by atoms with E-state index in [-0.39, 0.29) is 16.1 Å². The number of aromatic nitrogens is 4. The molecule has 0 amide bonds. The van der Waals surface area contributed by atoms with Crippen molar-refractivity contribution < 1.29 is 0 Å². The van der Waals surface area contributed by atoms with Crippen molar-refractivity contribution in [2.24, 2.45) is 14.1 Å². The third-order valence-electron chi connectivity index (χ3n) is 3.97. The minimum Gasteiger partial charge on any atom is -0.365 e. The number of hydrogen-bond donors (Lipinski definition) is 0. The van der Waals surface area contributed by atoms with Gasteiger partial charge in [0.2, 0.25) is 0 Å². The first-order valence-electron chi connectivity index (χ1n) is 7.22. The maximum Gasteiger partial charge on any atom is 0.287 e. The number of hydrogen-bond acceptors (Lipinski definition) is 6. The Bertz CT molecular complexity index is 838. The first-order valence-corrected chi connectivity index (χ1v) is 7.59. The highest BCUT2D eigenvalue weighted by Crippen LogP contribution is 2.23. The van der Waals surface area contributed by atoms with Crippen molar-refractivity contribution in [2.75, 3.05) is 36.0 Å². The minimum atomic E-state index is -0.306. The third-order valence-corrected chi connectivity index (χ3v) is 4.32. The molecule has 9 heteroatoms. The van der Waals surface area contributed by atoms with E-state index in [2.05, 4.69) is 10.1 Å². The van der Waals surface area contributed by atoms with Crippen LogP contribution < -0.4 is 20.9 Å². The molecular formula is C14H17ClN6O2. The van der Waals surface area contributed by atoms with E-state index in [1.807, 2.05) is 9.80 Å². The predicted molar refractivity (Wildman–Crippen MR) is 88.4 cm³/mol. The molecule has 0 aliphatic carbocycles. The highest BCUT2D eigenvalue weighted by atomic mass is 35.5. The molecule has 23 heavy (non-hydrogen) atoms. The van der Waals surface area contributed by atoms with Crippen LogP contribution in [0.1, 0.15) is 0 Å². The number of rotatable bonds is 2. The van der Waals surface area contributed by atoms with Crippen LogP contribution in [-0.2, 0) is 14.1 Å². The molecule has 0 radical (unpaired) electrons.